The average Bonchev–Trinajstić information content (AvgIpc) is 3.46. The molecule has 3 amide bonds. The predicted molar refractivity (Wildman–Crippen MR) is 167 cm³/mol. The molecule has 2 heterocycles. The maximum atomic E-state index is 13.7. The van der Waals surface area contributed by atoms with Crippen molar-refractivity contribution >= 4 is 44.1 Å². The maximum absolute atomic E-state index is 13.7. The van der Waals surface area contributed by atoms with Crippen LogP contribution in [0.4, 0.5) is 16.2 Å². The van der Waals surface area contributed by atoms with Crippen LogP contribution in [0.3, 0.4) is 0 Å². The van der Waals surface area contributed by atoms with E-state index in [1.165, 1.54) is 40.2 Å². The first-order chi connectivity index (χ1) is 21.0. The van der Waals surface area contributed by atoms with E-state index in [4.69, 9.17) is 4.74 Å². The van der Waals surface area contributed by atoms with Gasteiger partial charge in [-0.1, -0.05) is 43.3 Å². The van der Waals surface area contributed by atoms with Crippen LogP contribution in [0.15, 0.2) is 78.2 Å². The fourth-order valence-corrected chi connectivity index (χ4v) is 6.17. The van der Waals surface area contributed by atoms with Gasteiger partial charge in [-0.3, -0.25) is 9.52 Å². The monoisotopic (exact) mass is 620 g/mol. The Morgan fingerprint density at radius 3 is 2.66 bits per heavy atom. The van der Waals surface area contributed by atoms with Gasteiger partial charge in [-0.05, 0) is 36.6 Å². The lowest BCUT2D eigenvalue weighted by Crippen LogP contribution is -2.50. The van der Waals surface area contributed by atoms with Gasteiger partial charge in [0.15, 0.2) is 5.03 Å². The fraction of sp³-hybridized carbons (Fsp3) is 0.323. The lowest BCUT2D eigenvalue weighted by Gasteiger charge is -2.38. The molecule has 1 aliphatic heterocycles. The molecule has 3 atom stereocenters. The van der Waals surface area contributed by atoms with Gasteiger partial charge in [0.1, 0.15) is 11.9 Å². The number of benzene rings is 3. The summed E-state index contributed by atoms with van der Waals surface area (Å²) < 4.78 is 36.2. The third-order valence-electron chi connectivity index (χ3n) is 7.71. The van der Waals surface area contributed by atoms with Crippen molar-refractivity contribution in [1.82, 2.24) is 19.4 Å². The van der Waals surface area contributed by atoms with Crippen LogP contribution in [0.25, 0.3) is 10.8 Å². The van der Waals surface area contributed by atoms with E-state index in [0.29, 0.717) is 5.69 Å². The van der Waals surface area contributed by atoms with Gasteiger partial charge >= 0.3 is 6.03 Å². The minimum atomic E-state index is -4.01. The molecule has 44 heavy (non-hydrogen) atoms. The molecule has 4 aromatic rings. The highest BCUT2D eigenvalue weighted by atomic mass is 32.2. The molecule has 1 aromatic heterocycles. The number of nitrogens with one attached hydrogen (secondary N) is 2. The number of anilines is 2. The number of urea groups is 1. The van der Waals surface area contributed by atoms with Gasteiger partial charge < -0.3 is 29.5 Å². The molecule has 1 aliphatic rings. The molecule has 13 heteroatoms. The van der Waals surface area contributed by atoms with Gasteiger partial charge in [0.05, 0.1) is 36.8 Å². The summed E-state index contributed by atoms with van der Waals surface area (Å²) in [5, 5.41) is 14.7. The molecule has 3 N–H and O–H groups in total. The molecular weight excluding hydrogens is 584 g/mol. The highest BCUT2D eigenvalue weighted by molar-refractivity contribution is 7.92. The summed E-state index contributed by atoms with van der Waals surface area (Å²) in [5.41, 5.74) is 0.970. The Kier molecular flexibility index (Phi) is 8.79. The number of hydrogen-bond donors (Lipinski definition) is 3. The van der Waals surface area contributed by atoms with Crippen LogP contribution in [-0.2, 0) is 17.1 Å². The number of fused-ring (bicyclic) bond motifs is 2. The SMILES string of the molecule is C[C@@H]1CN([C@@H](C)CO)C(=O)c2cc(NS(=O)(=O)c3cn(C)cn3)ccc2O[C@H]1CN(C)C(=O)Nc1cccc2ccccc12. The van der Waals surface area contributed by atoms with Gasteiger partial charge in [-0.15, -0.1) is 0 Å². The third-order valence-corrected chi connectivity index (χ3v) is 8.97. The zero-order valence-corrected chi connectivity index (χ0v) is 25.8. The lowest BCUT2D eigenvalue weighted by molar-refractivity contribution is 0.0371. The van der Waals surface area contributed by atoms with Crippen molar-refractivity contribution in [1.29, 1.82) is 0 Å². The van der Waals surface area contributed by atoms with E-state index in [1.54, 1.807) is 25.9 Å². The average molecular weight is 621 g/mol. The molecule has 0 saturated heterocycles. The van der Waals surface area contributed by atoms with Crippen LogP contribution < -0.4 is 14.8 Å². The van der Waals surface area contributed by atoms with Crippen LogP contribution in [0.5, 0.6) is 5.75 Å². The molecule has 5 rings (SSSR count). The number of aliphatic hydroxyl groups excluding tert-OH is 1. The molecule has 232 valence electrons. The van der Waals surface area contributed by atoms with Crippen molar-refractivity contribution in [2.45, 2.75) is 31.0 Å². The standard InChI is InChI=1S/C31H36N6O6S/c1-20-15-37(21(2)18-38)30(39)25-14-23(34-44(41,42)29-17-35(3)19-32-29)12-13-27(25)43-28(20)16-36(4)31(40)33-26-11-7-9-22-8-5-6-10-24(22)26/h5-14,17,19-21,28,34,38H,15-16,18H2,1-4H3,(H,33,40)/t20-,21+,28+/m1/s1. The van der Waals surface area contributed by atoms with Gasteiger partial charge in [-0.25, -0.2) is 9.78 Å². The van der Waals surface area contributed by atoms with E-state index in [-0.39, 0.29) is 53.7 Å². The van der Waals surface area contributed by atoms with Crippen LogP contribution >= 0.6 is 0 Å². The summed E-state index contributed by atoms with van der Waals surface area (Å²) in [6, 6.07) is 17.1. The number of sulfonamides is 1. The Morgan fingerprint density at radius 2 is 1.93 bits per heavy atom. The zero-order chi connectivity index (χ0) is 31.6. The Morgan fingerprint density at radius 1 is 1.18 bits per heavy atom. The highest BCUT2D eigenvalue weighted by Gasteiger charge is 2.34. The van der Waals surface area contributed by atoms with E-state index in [0.717, 1.165) is 10.8 Å². The molecule has 0 fully saturated rings. The highest BCUT2D eigenvalue weighted by Crippen LogP contribution is 2.31. The molecule has 0 unspecified atom stereocenters. The van der Waals surface area contributed by atoms with E-state index < -0.39 is 28.1 Å². The number of imidazole rings is 1. The second-order valence-electron chi connectivity index (χ2n) is 11.2. The van der Waals surface area contributed by atoms with Crippen molar-refractivity contribution in [3.63, 3.8) is 0 Å². The fourth-order valence-electron chi connectivity index (χ4n) is 5.14. The number of carbonyl (C=O) groups is 2. The molecule has 3 aromatic carbocycles. The summed E-state index contributed by atoms with van der Waals surface area (Å²) in [6.07, 6.45) is 2.21. The van der Waals surface area contributed by atoms with Crippen LogP contribution in [0.2, 0.25) is 0 Å². The number of hydrogen-bond acceptors (Lipinski definition) is 7. The number of nitrogens with zero attached hydrogens (tertiary/aromatic N) is 4. The first kappa shape index (κ1) is 30.8. The Balaban J connectivity index is 1.40. The Labute approximate surface area is 256 Å². The van der Waals surface area contributed by atoms with Crippen molar-refractivity contribution in [3.8, 4) is 5.75 Å². The van der Waals surface area contributed by atoms with Crippen LogP contribution in [-0.4, -0.2) is 83.7 Å². The first-order valence-electron chi connectivity index (χ1n) is 14.2. The number of carbonyl (C=O) groups excluding carboxylic acids is 2. The maximum Gasteiger partial charge on any atom is 0.321 e. The molecule has 0 bridgehead atoms. The van der Waals surface area contributed by atoms with Crippen molar-refractivity contribution in [2.75, 3.05) is 36.8 Å². The third kappa shape index (κ3) is 6.48. The summed E-state index contributed by atoms with van der Waals surface area (Å²) in [5.74, 6) is -0.394. The number of rotatable bonds is 8. The Hall–Kier alpha value is -4.62. The number of likely N-dealkylation sites (N-methyl/N-ethyl adjacent to an activating group) is 1. The molecule has 0 saturated carbocycles. The zero-order valence-electron chi connectivity index (χ0n) is 25.0. The molecule has 12 nitrogen and oxygen atoms in total. The number of aliphatic hydroxyl groups is 1. The number of aromatic nitrogens is 2. The summed E-state index contributed by atoms with van der Waals surface area (Å²) in [7, 11) is -0.680. The van der Waals surface area contributed by atoms with Crippen LogP contribution in [0, 0.1) is 5.92 Å². The lowest BCUT2D eigenvalue weighted by atomic mass is 9.99. The number of aryl methyl sites for hydroxylation is 1. The molecular formula is C31H36N6O6S. The van der Waals surface area contributed by atoms with E-state index in [9.17, 15) is 23.1 Å². The predicted octanol–water partition coefficient (Wildman–Crippen LogP) is 3.76. The summed E-state index contributed by atoms with van der Waals surface area (Å²) in [6.45, 7) is 3.83. The minimum Gasteiger partial charge on any atom is -0.487 e. The first-order valence-corrected chi connectivity index (χ1v) is 15.7. The van der Waals surface area contributed by atoms with Crippen LogP contribution in [0.1, 0.15) is 24.2 Å². The number of ether oxygens (including phenoxy) is 1. The number of amides is 3. The topological polar surface area (TPSA) is 146 Å². The normalized spacial score (nSPS) is 17.7. The summed E-state index contributed by atoms with van der Waals surface area (Å²) in [4.78, 5) is 34.0. The van der Waals surface area contributed by atoms with Gasteiger partial charge in [0.2, 0.25) is 0 Å². The van der Waals surface area contributed by atoms with E-state index in [2.05, 4.69) is 15.0 Å². The van der Waals surface area contributed by atoms with Crippen molar-refractivity contribution in [3.05, 3.63) is 78.8 Å². The van der Waals surface area contributed by atoms with E-state index >= 15 is 0 Å². The van der Waals surface area contributed by atoms with E-state index in [1.807, 2.05) is 49.4 Å². The molecule has 0 spiro atoms. The van der Waals surface area contributed by atoms with Gasteiger partial charge in [-0.2, -0.15) is 8.42 Å². The van der Waals surface area contributed by atoms with Crippen molar-refractivity contribution in [2.24, 2.45) is 13.0 Å². The smallest absolute Gasteiger partial charge is 0.321 e. The van der Waals surface area contributed by atoms with Gasteiger partial charge in [0.25, 0.3) is 15.9 Å². The Bertz CT molecular complexity index is 1790. The van der Waals surface area contributed by atoms with Crippen molar-refractivity contribution < 1.29 is 27.9 Å². The largest absolute Gasteiger partial charge is 0.487 e. The second kappa shape index (κ2) is 12.5. The second-order valence-corrected chi connectivity index (χ2v) is 12.8. The molecule has 0 aliphatic carbocycles. The quantitative estimate of drug-likeness (QED) is 0.272. The minimum absolute atomic E-state index is 0.131. The van der Waals surface area contributed by atoms with Gasteiger partial charge in [0, 0.05) is 43.8 Å². The molecule has 0 radical (unpaired) electrons. The summed E-state index contributed by atoms with van der Waals surface area (Å²) >= 11 is 0.